The van der Waals surface area contributed by atoms with Crippen molar-refractivity contribution in [2.45, 2.75) is 25.8 Å². The number of methoxy groups -OCH3 is 1. The second-order valence-corrected chi connectivity index (χ2v) is 11.5. The third-order valence-corrected chi connectivity index (χ3v) is 8.98. The summed E-state index contributed by atoms with van der Waals surface area (Å²) in [7, 11) is -2.01. The minimum absolute atomic E-state index is 0.0397. The predicted octanol–water partition coefficient (Wildman–Crippen LogP) is 3.52. The van der Waals surface area contributed by atoms with Crippen LogP contribution in [-0.4, -0.2) is 55.5 Å². The van der Waals surface area contributed by atoms with E-state index in [4.69, 9.17) is 21.3 Å². The van der Waals surface area contributed by atoms with Gasteiger partial charge in [-0.2, -0.15) is 0 Å². The first-order chi connectivity index (χ1) is 16.2. The lowest BCUT2D eigenvalue weighted by Gasteiger charge is -2.36. The van der Waals surface area contributed by atoms with Gasteiger partial charge in [-0.3, -0.25) is 4.99 Å². The lowest BCUT2D eigenvalue weighted by atomic mass is 9.86. The molecule has 0 spiro atoms. The molecule has 1 unspecified atom stereocenters. The van der Waals surface area contributed by atoms with Crippen LogP contribution in [0.2, 0.25) is 5.02 Å². The zero-order chi connectivity index (χ0) is 24.5. The highest BCUT2D eigenvalue weighted by atomic mass is 35.5. The van der Waals surface area contributed by atoms with Crippen LogP contribution in [0.3, 0.4) is 0 Å². The number of rotatable bonds is 6. The molecule has 0 amide bonds. The number of piperidine rings is 1. The number of ether oxygens (including phenoxy) is 1. The van der Waals surface area contributed by atoms with Crippen molar-refractivity contribution in [2.24, 2.45) is 10.9 Å². The van der Waals surface area contributed by atoms with E-state index >= 15 is 0 Å². The zero-order valence-corrected chi connectivity index (χ0v) is 21.0. The van der Waals surface area contributed by atoms with Crippen molar-refractivity contribution in [2.75, 3.05) is 26.0 Å². The first-order valence-corrected chi connectivity index (χ1v) is 13.6. The number of esters is 1. The Hall–Kier alpha value is -2.34. The number of allylic oxidation sites excluding steroid dienone is 1. The van der Waals surface area contributed by atoms with Gasteiger partial charge in [0, 0.05) is 46.9 Å². The molecular formula is C22H24ClFN4O4S2. The van der Waals surface area contributed by atoms with E-state index in [0.717, 1.165) is 0 Å². The van der Waals surface area contributed by atoms with Gasteiger partial charge in [-0.15, -0.1) is 11.3 Å². The number of nitrogens with one attached hydrogen (secondary N) is 1. The number of carbonyl (C=O) groups is 1. The van der Waals surface area contributed by atoms with Gasteiger partial charge in [0.1, 0.15) is 11.9 Å². The van der Waals surface area contributed by atoms with E-state index in [2.05, 4.69) is 10.3 Å². The van der Waals surface area contributed by atoms with Crippen molar-refractivity contribution in [3.05, 3.63) is 62.5 Å². The monoisotopic (exact) mass is 526 g/mol. The molecule has 3 heterocycles. The molecule has 2 aromatic rings. The lowest BCUT2D eigenvalue weighted by molar-refractivity contribution is -0.136. The molecule has 2 aliphatic rings. The van der Waals surface area contributed by atoms with E-state index in [1.807, 2.05) is 5.38 Å². The first kappa shape index (κ1) is 24.8. The molecule has 1 fully saturated rings. The molecule has 1 aromatic heterocycles. The number of carbonyl (C=O) groups excluding carboxylic acids is 1. The van der Waals surface area contributed by atoms with Gasteiger partial charge < -0.3 is 10.1 Å². The second-order valence-electron chi connectivity index (χ2n) is 7.90. The standard InChI is InChI=1S/C22H24ClFN4O4S2/c1-3-34(30,31)28-9-6-13(7-10-28)18-17(22(29)32-2)19(15-5-4-14(24)12-16(15)23)27-20(26-18)21-25-8-11-33-21/h4-5,8,11-13,19H,3,6-7,9-10H2,1-2H3,(H,26,27). The molecule has 0 aliphatic carbocycles. The number of sulfonamides is 1. The molecule has 8 nitrogen and oxygen atoms in total. The van der Waals surface area contributed by atoms with Crippen LogP contribution in [0.4, 0.5) is 4.39 Å². The van der Waals surface area contributed by atoms with E-state index in [9.17, 15) is 17.6 Å². The number of hydrogen-bond donors (Lipinski definition) is 1. The molecule has 4 rings (SSSR count). The molecule has 0 bridgehead atoms. The molecule has 0 saturated carbocycles. The van der Waals surface area contributed by atoms with Gasteiger partial charge in [-0.05, 0) is 31.9 Å². The average molecular weight is 527 g/mol. The number of nitrogens with zero attached hydrogens (tertiary/aromatic N) is 3. The van der Waals surface area contributed by atoms with Gasteiger partial charge in [-0.1, -0.05) is 17.7 Å². The number of hydrogen-bond acceptors (Lipinski definition) is 8. The summed E-state index contributed by atoms with van der Waals surface area (Å²) in [5.74, 6) is -0.729. The number of halogens is 2. The summed E-state index contributed by atoms with van der Waals surface area (Å²) in [6.07, 6.45) is 2.67. The highest BCUT2D eigenvalue weighted by Gasteiger charge is 2.38. The van der Waals surface area contributed by atoms with Gasteiger partial charge in [0.15, 0.2) is 10.8 Å². The van der Waals surface area contributed by atoms with Crippen LogP contribution in [0.5, 0.6) is 0 Å². The topological polar surface area (TPSA) is 101 Å². The minimum Gasteiger partial charge on any atom is -0.466 e. The van der Waals surface area contributed by atoms with Crippen LogP contribution in [0.15, 0.2) is 46.0 Å². The van der Waals surface area contributed by atoms with E-state index in [1.165, 1.54) is 41.0 Å². The maximum atomic E-state index is 13.8. The Balaban J connectivity index is 1.79. The summed E-state index contributed by atoms with van der Waals surface area (Å²) < 4.78 is 45.0. The van der Waals surface area contributed by atoms with E-state index in [-0.39, 0.29) is 22.3 Å². The van der Waals surface area contributed by atoms with E-state index < -0.39 is 27.9 Å². The molecule has 0 radical (unpaired) electrons. The average Bonchev–Trinajstić information content (AvgIpc) is 3.38. The number of benzene rings is 1. The first-order valence-electron chi connectivity index (χ1n) is 10.7. The Morgan fingerprint density at radius 2 is 2.09 bits per heavy atom. The van der Waals surface area contributed by atoms with Gasteiger partial charge in [0.2, 0.25) is 10.0 Å². The van der Waals surface area contributed by atoms with Crippen LogP contribution in [0.25, 0.3) is 0 Å². The molecular weight excluding hydrogens is 503 g/mol. The Labute approximate surface area is 206 Å². The third-order valence-electron chi connectivity index (χ3n) is 5.99. The van der Waals surface area contributed by atoms with Gasteiger partial charge in [-0.25, -0.2) is 26.9 Å². The lowest BCUT2D eigenvalue weighted by Crippen LogP contribution is -2.43. The Morgan fingerprint density at radius 1 is 1.35 bits per heavy atom. The fraction of sp³-hybridized carbons (Fsp3) is 0.409. The minimum atomic E-state index is -3.30. The maximum absolute atomic E-state index is 13.8. The fourth-order valence-corrected chi connectivity index (χ4v) is 6.21. The smallest absolute Gasteiger partial charge is 0.338 e. The third kappa shape index (κ3) is 4.88. The summed E-state index contributed by atoms with van der Waals surface area (Å²) in [6.45, 7) is 2.30. The quantitative estimate of drug-likeness (QED) is 0.578. The van der Waals surface area contributed by atoms with Crippen molar-refractivity contribution in [1.82, 2.24) is 14.6 Å². The van der Waals surface area contributed by atoms with Gasteiger partial charge in [0.25, 0.3) is 0 Å². The molecule has 12 heteroatoms. The Kier molecular flexibility index (Phi) is 7.36. The summed E-state index contributed by atoms with van der Waals surface area (Å²) in [5, 5.41) is 5.85. The van der Waals surface area contributed by atoms with Crippen LogP contribution in [0, 0.1) is 11.7 Å². The van der Waals surface area contributed by atoms with Crippen LogP contribution in [-0.2, 0) is 19.6 Å². The van der Waals surface area contributed by atoms with Crippen molar-refractivity contribution < 1.29 is 22.3 Å². The van der Waals surface area contributed by atoms with Crippen LogP contribution < -0.4 is 5.32 Å². The highest BCUT2D eigenvalue weighted by molar-refractivity contribution is 7.89. The molecule has 1 saturated heterocycles. The van der Waals surface area contributed by atoms with Crippen molar-refractivity contribution in [1.29, 1.82) is 0 Å². The number of aliphatic imine (C=N–C) groups is 1. The number of thiazole rings is 1. The Bertz CT molecular complexity index is 1240. The van der Waals surface area contributed by atoms with Crippen molar-refractivity contribution >= 4 is 44.8 Å². The van der Waals surface area contributed by atoms with Crippen LogP contribution in [0.1, 0.15) is 36.4 Å². The molecule has 1 atom stereocenters. The van der Waals surface area contributed by atoms with Crippen molar-refractivity contribution in [3.8, 4) is 0 Å². The van der Waals surface area contributed by atoms with Gasteiger partial charge in [0.05, 0.1) is 18.4 Å². The number of aromatic nitrogens is 1. The van der Waals surface area contributed by atoms with E-state index in [1.54, 1.807) is 13.1 Å². The zero-order valence-electron chi connectivity index (χ0n) is 18.6. The fourth-order valence-electron chi connectivity index (χ4n) is 4.22. The number of amidine groups is 1. The molecule has 182 valence electrons. The summed E-state index contributed by atoms with van der Waals surface area (Å²) in [4.78, 5) is 22.1. The molecule has 2 aliphatic heterocycles. The normalized spacial score (nSPS) is 20.1. The molecule has 1 N–H and O–H groups in total. The summed E-state index contributed by atoms with van der Waals surface area (Å²) in [6, 6.07) is 3.12. The summed E-state index contributed by atoms with van der Waals surface area (Å²) >= 11 is 7.76. The predicted molar refractivity (Wildman–Crippen MR) is 129 cm³/mol. The molecule has 1 aromatic carbocycles. The van der Waals surface area contributed by atoms with Gasteiger partial charge >= 0.3 is 5.97 Å². The highest BCUT2D eigenvalue weighted by Crippen LogP contribution is 2.40. The Morgan fingerprint density at radius 3 is 2.68 bits per heavy atom. The summed E-state index contributed by atoms with van der Waals surface area (Å²) in [5.41, 5.74) is 1.33. The van der Waals surface area contributed by atoms with Crippen LogP contribution >= 0.6 is 22.9 Å². The largest absolute Gasteiger partial charge is 0.466 e. The maximum Gasteiger partial charge on any atom is 0.338 e. The van der Waals surface area contributed by atoms with Crippen molar-refractivity contribution in [3.63, 3.8) is 0 Å². The van der Waals surface area contributed by atoms with E-state index in [0.29, 0.717) is 48.0 Å². The second kappa shape index (κ2) is 10.1. The SMILES string of the molecule is CCS(=O)(=O)N1CCC(C2=C(C(=O)OC)C(c3ccc(F)cc3Cl)N=C(c3nccs3)N2)CC1. The molecule has 34 heavy (non-hydrogen) atoms.